The zero-order valence-corrected chi connectivity index (χ0v) is 24.8. The molecule has 0 fully saturated rings. The molecule has 41 heavy (non-hydrogen) atoms. The fourth-order valence-electron chi connectivity index (χ4n) is 5.31. The van der Waals surface area contributed by atoms with Crippen molar-refractivity contribution in [2.75, 3.05) is 12.4 Å². The Morgan fingerprint density at radius 1 is 1.12 bits per heavy atom. The Bertz CT molecular complexity index is 1600. The number of H-pyrrole nitrogens is 1. The number of benzene rings is 2. The van der Waals surface area contributed by atoms with E-state index in [-0.39, 0.29) is 11.8 Å². The number of aromatic nitrogens is 2. The summed E-state index contributed by atoms with van der Waals surface area (Å²) in [4.78, 5) is 48.1. The molecule has 0 bridgehead atoms. The van der Waals surface area contributed by atoms with Crippen LogP contribution in [-0.4, -0.2) is 41.0 Å². The van der Waals surface area contributed by atoms with E-state index in [1.807, 2.05) is 30.3 Å². The van der Waals surface area contributed by atoms with Crippen molar-refractivity contribution in [1.82, 2.24) is 9.97 Å². The number of thiophene rings is 1. The second-order valence-corrected chi connectivity index (χ2v) is 12.6. The number of carbonyl (C=O) groups excluding carboxylic acids is 3. The molecule has 2 unspecified atom stereocenters. The van der Waals surface area contributed by atoms with Crippen molar-refractivity contribution < 1.29 is 23.9 Å². The number of amides is 1. The molecular formula is C32H35N3O5S. The van der Waals surface area contributed by atoms with E-state index in [4.69, 9.17) is 9.47 Å². The molecule has 2 N–H and O–H groups in total. The summed E-state index contributed by atoms with van der Waals surface area (Å²) in [6.07, 6.45) is 1.80. The molecular weight excluding hydrogens is 538 g/mol. The molecule has 0 radical (unpaired) electrons. The van der Waals surface area contributed by atoms with Gasteiger partial charge in [0.15, 0.2) is 6.10 Å². The average Bonchev–Trinajstić information content (AvgIpc) is 3.55. The smallest absolute Gasteiger partial charge is 0.341 e. The van der Waals surface area contributed by atoms with Crippen molar-refractivity contribution in [2.24, 2.45) is 11.3 Å². The maximum atomic E-state index is 13.3. The fraction of sp³-hybridized carbons (Fsp3) is 0.375. The molecule has 2 aromatic carbocycles. The molecule has 2 aromatic heterocycles. The lowest BCUT2D eigenvalue weighted by molar-refractivity contribution is -0.124. The van der Waals surface area contributed by atoms with Gasteiger partial charge in [-0.15, -0.1) is 11.3 Å². The number of fused-ring (bicyclic) bond motifs is 2. The fourth-order valence-corrected chi connectivity index (χ4v) is 6.63. The van der Waals surface area contributed by atoms with Gasteiger partial charge in [-0.3, -0.25) is 4.79 Å². The Labute approximate surface area is 243 Å². The van der Waals surface area contributed by atoms with E-state index in [9.17, 15) is 14.4 Å². The molecule has 5 rings (SSSR count). The molecule has 1 amide bonds. The highest BCUT2D eigenvalue weighted by atomic mass is 32.1. The minimum atomic E-state index is -1.04. The van der Waals surface area contributed by atoms with Crippen LogP contribution in [0.25, 0.3) is 22.4 Å². The molecule has 2 heterocycles. The summed E-state index contributed by atoms with van der Waals surface area (Å²) in [7, 11) is 1.34. The normalized spacial score (nSPS) is 15.7. The highest BCUT2D eigenvalue weighted by Gasteiger charge is 2.35. The summed E-state index contributed by atoms with van der Waals surface area (Å²) >= 11 is 1.41. The van der Waals surface area contributed by atoms with E-state index in [1.165, 1.54) is 18.4 Å². The molecule has 8 nitrogen and oxygen atoms in total. The van der Waals surface area contributed by atoms with Gasteiger partial charge < -0.3 is 19.8 Å². The topological polar surface area (TPSA) is 110 Å². The van der Waals surface area contributed by atoms with Crippen LogP contribution in [0.4, 0.5) is 5.00 Å². The first-order valence-corrected chi connectivity index (χ1v) is 14.7. The number of nitrogens with one attached hydrogen (secondary N) is 2. The monoisotopic (exact) mass is 573 g/mol. The predicted molar refractivity (Wildman–Crippen MR) is 160 cm³/mol. The van der Waals surface area contributed by atoms with Gasteiger partial charge in [0.05, 0.1) is 29.3 Å². The largest absolute Gasteiger partial charge is 0.465 e. The first-order valence-electron chi connectivity index (χ1n) is 13.9. The zero-order chi connectivity index (χ0) is 29.3. The number of aromatic amines is 1. The molecule has 214 valence electrons. The molecule has 9 heteroatoms. The summed E-state index contributed by atoms with van der Waals surface area (Å²) in [6, 6.07) is 14.8. The van der Waals surface area contributed by atoms with Gasteiger partial charge in [-0.05, 0) is 60.8 Å². The SMILES string of the molecule is CCC(OC(=O)c1ccc2nc(-c3ccccc3)[nH]c2c1)C(=O)Nc1sc2c(c1C(=O)OC)CCC(C(C)(C)C)C2. The number of rotatable bonds is 7. The van der Waals surface area contributed by atoms with Gasteiger partial charge in [0.1, 0.15) is 10.8 Å². The second kappa shape index (κ2) is 11.5. The van der Waals surface area contributed by atoms with Crippen molar-refractivity contribution >= 4 is 45.2 Å². The summed E-state index contributed by atoms with van der Waals surface area (Å²) in [5.74, 6) is -0.393. The third-order valence-electron chi connectivity index (χ3n) is 7.79. The van der Waals surface area contributed by atoms with E-state index in [0.29, 0.717) is 33.4 Å². The van der Waals surface area contributed by atoms with Crippen molar-refractivity contribution in [3.63, 3.8) is 0 Å². The maximum Gasteiger partial charge on any atom is 0.341 e. The molecule has 1 aliphatic carbocycles. The molecule has 0 saturated heterocycles. The van der Waals surface area contributed by atoms with Crippen LogP contribution in [0, 0.1) is 11.3 Å². The average molecular weight is 574 g/mol. The van der Waals surface area contributed by atoms with Crippen LogP contribution in [0.1, 0.15) is 71.7 Å². The number of hydrogen-bond donors (Lipinski definition) is 2. The van der Waals surface area contributed by atoms with Gasteiger partial charge in [-0.1, -0.05) is 58.0 Å². The van der Waals surface area contributed by atoms with Crippen molar-refractivity contribution in [3.05, 3.63) is 70.1 Å². The third kappa shape index (κ3) is 5.91. The number of anilines is 1. The molecule has 0 spiro atoms. The number of esters is 2. The van der Waals surface area contributed by atoms with Gasteiger partial charge in [-0.2, -0.15) is 0 Å². The third-order valence-corrected chi connectivity index (χ3v) is 8.96. The Morgan fingerprint density at radius 3 is 2.56 bits per heavy atom. The van der Waals surface area contributed by atoms with Crippen molar-refractivity contribution in [2.45, 2.75) is 59.5 Å². The van der Waals surface area contributed by atoms with Gasteiger partial charge >= 0.3 is 11.9 Å². The van der Waals surface area contributed by atoms with Gasteiger partial charge in [-0.25, -0.2) is 14.6 Å². The number of methoxy groups -OCH3 is 1. The number of imidazole rings is 1. The molecule has 2 atom stereocenters. The van der Waals surface area contributed by atoms with Gasteiger partial charge in [0.25, 0.3) is 5.91 Å². The van der Waals surface area contributed by atoms with E-state index < -0.39 is 23.9 Å². The van der Waals surface area contributed by atoms with Gasteiger partial charge in [0, 0.05) is 10.4 Å². The van der Waals surface area contributed by atoms with Crippen LogP contribution in [0.3, 0.4) is 0 Å². The highest BCUT2D eigenvalue weighted by Crippen LogP contribution is 2.44. The number of hydrogen-bond acceptors (Lipinski definition) is 7. The zero-order valence-electron chi connectivity index (χ0n) is 24.0. The van der Waals surface area contributed by atoms with Gasteiger partial charge in [0.2, 0.25) is 0 Å². The summed E-state index contributed by atoms with van der Waals surface area (Å²) in [6.45, 7) is 8.46. The Balaban J connectivity index is 1.33. The van der Waals surface area contributed by atoms with E-state index >= 15 is 0 Å². The molecule has 4 aromatic rings. The lowest BCUT2D eigenvalue weighted by Crippen LogP contribution is -2.32. The van der Waals surface area contributed by atoms with Crippen LogP contribution >= 0.6 is 11.3 Å². The minimum absolute atomic E-state index is 0.139. The van der Waals surface area contributed by atoms with Crippen LogP contribution in [0.15, 0.2) is 48.5 Å². The quantitative estimate of drug-likeness (QED) is 0.235. The number of nitrogens with zero attached hydrogens (tertiary/aromatic N) is 1. The number of ether oxygens (including phenoxy) is 2. The standard InChI is InChI=1S/C32H35N3O5S/c1-6-24(40-30(37)19-12-15-22-23(16-19)34-27(33-22)18-10-8-7-9-11-18)28(36)35-29-26(31(38)39-5)21-14-13-20(32(2,3)4)17-25(21)41-29/h7-12,15-16,20,24H,6,13-14,17H2,1-5H3,(H,33,34)(H,35,36). The minimum Gasteiger partial charge on any atom is -0.465 e. The lowest BCUT2D eigenvalue weighted by Gasteiger charge is -2.33. The first-order chi connectivity index (χ1) is 19.6. The predicted octanol–water partition coefficient (Wildman–Crippen LogP) is 6.80. The van der Waals surface area contributed by atoms with Crippen LogP contribution < -0.4 is 5.32 Å². The second-order valence-electron chi connectivity index (χ2n) is 11.5. The van der Waals surface area contributed by atoms with Crippen molar-refractivity contribution in [3.8, 4) is 11.4 Å². The van der Waals surface area contributed by atoms with Crippen LogP contribution in [0.5, 0.6) is 0 Å². The Hall–Kier alpha value is -3.98. The van der Waals surface area contributed by atoms with E-state index in [2.05, 4.69) is 36.1 Å². The summed E-state index contributed by atoms with van der Waals surface area (Å²) in [5, 5.41) is 3.33. The molecule has 0 saturated carbocycles. The summed E-state index contributed by atoms with van der Waals surface area (Å²) < 4.78 is 10.7. The van der Waals surface area contributed by atoms with E-state index in [1.54, 1.807) is 25.1 Å². The Morgan fingerprint density at radius 2 is 1.88 bits per heavy atom. The first kappa shape index (κ1) is 28.5. The molecule has 1 aliphatic rings. The maximum absolute atomic E-state index is 13.3. The van der Waals surface area contributed by atoms with Crippen molar-refractivity contribution in [1.29, 1.82) is 0 Å². The van der Waals surface area contributed by atoms with E-state index in [0.717, 1.165) is 40.8 Å². The highest BCUT2D eigenvalue weighted by molar-refractivity contribution is 7.17. The summed E-state index contributed by atoms with van der Waals surface area (Å²) in [5.41, 5.74) is 4.15. The number of carbonyl (C=O) groups is 3. The Kier molecular flexibility index (Phi) is 8.00. The van der Waals surface area contributed by atoms with Crippen LogP contribution in [0.2, 0.25) is 0 Å². The lowest BCUT2D eigenvalue weighted by atomic mass is 9.72. The molecule has 0 aliphatic heterocycles. The van der Waals surface area contributed by atoms with Crippen LogP contribution in [-0.2, 0) is 27.1 Å².